The minimum absolute atomic E-state index is 0.183. The summed E-state index contributed by atoms with van der Waals surface area (Å²) in [5.41, 5.74) is 9.77. The minimum atomic E-state index is 0.183. The molecule has 0 spiro atoms. The lowest BCUT2D eigenvalue weighted by molar-refractivity contribution is 1.16. The van der Waals surface area contributed by atoms with Crippen LogP contribution in [-0.4, -0.2) is 16.5 Å². The van der Waals surface area contributed by atoms with Gasteiger partial charge in [0.25, 0.3) is 0 Å². The summed E-state index contributed by atoms with van der Waals surface area (Å²) in [6.07, 6.45) is 0. The van der Waals surface area contributed by atoms with Gasteiger partial charge in [0.15, 0.2) is 0 Å². The van der Waals surface area contributed by atoms with E-state index >= 15 is 0 Å². The average Bonchev–Trinajstić information content (AvgIpc) is 2.34. The fourth-order valence-electron chi connectivity index (χ4n) is 1.96. The van der Waals surface area contributed by atoms with Crippen LogP contribution in [0.5, 0.6) is 0 Å². The Morgan fingerprint density at radius 2 is 1.84 bits per heavy atom. The maximum atomic E-state index is 8.57. The van der Waals surface area contributed by atoms with Crippen LogP contribution in [0, 0.1) is 25.2 Å². The summed E-state index contributed by atoms with van der Waals surface area (Å²) in [6.45, 7) is 4.26. The number of nitriles is 1. The predicted molar refractivity (Wildman–Crippen MR) is 75.5 cm³/mol. The molecule has 3 N–H and O–H groups in total. The molecule has 5 nitrogen and oxygen atoms in total. The van der Waals surface area contributed by atoms with Crippen LogP contribution >= 0.6 is 0 Å². The molecule has 5 heteroatoms. The highest BCUT2D eigenvalue weighted by atomic mass is 15.1. The Hall–Kier alpha value is -2.61. The minimum Gasteiger partial charge on any atom is -0.368 e. The molecule has 0 saturated heterocycles. The van der Waals surface area contributed by atoms with Crippen molar-refractivity contribution in [2.45, 2.75) is 13.8 Å². The van der Waals surface area contributed by atoms with E-state index in [1.807, 2.05) is 32.0 Å². The van der Waals surface area contributed by atoms with E-state index < -0.39 is 0 Å². The zero-order valence-electron chi connectivity index (χ0n) is 10.9. The van der Waals surface area contributed by atoms with Gasteiger partial charge in [-0.15, -0.1) is 0 Å². The van der Waals surface area contributed by atoms with Crippen LogP contribution in [-0.2, 0) is 0 Å². The van der Waals surface area contributed by atoms with E-state index in [0.717, 1.165) is 11.3 Å². The molecule has 96 valence electrons. The molecule has 0 bridgehead atoms. The Morgan fingerprint density at radius 1 is 1.16 bits per heavy atom. The van der Waals surface area contributed by atoms with Crippen molar-refractivity contribution in [3.63, 3.8) is 0 Å². The maximum Gasteiger partial charge on any atom is 0.222 e. The van der Waals surface area contributed by atoms with Gasteiger partial charge in [-0.2, -0.15) is 10.2 Å². The van der Waals surface area contributed by atoms with Crippen LogP contribution in [0.15, 0.2) is 24.3 Å². The van der Waals surface area contributed by atoms with Crippen molar-refractivity contribution >= 4 is 11.8 Å². The van der Waals surface area contributed by atoms with Crippen molar-refractivity contribution in [1.29, 1.82) is 5.26 Å². The molecule has 2 rings (SSSR count). The molecular formula is C14H15N5. The van der Waals surface area contributed by atoms with Gasteiger partial charge >= 0.3 is 0 Å². The molecule has 0 unspecified atom stereocenters. The van der Waals surface area contributed by atoms with E-state index in [1.165, 1.54) is 11.1 Å². The molecule has 0 atom stereocenters. The summed E-state index contributed by atoms with van der Waals surface area (Å²) < 4.78 is 0. The molecule has 1 aromatic heterocycles. The summed E-state index contributed by atoms with van der Waals surface area (Å²) >= 11 is 0. The molecule has 0 aliphatic carbocycles. The summed E-state index contributed by atoms with van der Waals surface area (Å²) in [7, 11) is 0. The normalized spacial score (nSPS) is 9.95. The van der Waals surface area contributed by atoms with Crippen molar-refractivity contribution in [2.24, 2.45) is 0 Å². The second kappa shape index (κ2) is 5.36. The molecule has 0 radical (unpaired) electrons. The van der Waals surface area contributed by atoms with Gasteiger partial charge in [-0.05, 0) is 26.0 Å². The third-order valence-electron chi connectivity index (χ3n) is 2.61. The van der Waals surface area contributed by atoms with Crippen LogP contribution in [0.1, 0.15) is 11.1 Å². The van der Waals surface area contributed by atoms with E-state index in [2.05, 4.69) is 21.4 Å². The largest absolute Gasteiger partial charge is 0.368 e. The topological polar surface area (TPSA) is 87.6 Å². The lowest BCUT2D eigenvalue weighted by Crippen LogP contribution is -2.05. The van der Waals surface area contributed by atoms with E-state index in [1.54, 1.807) is 6.07 Å². The lowest BCUT2D eigenvalue weighted by Gasteiger charge is -2.08. The quantitative estimate of drug-likeness (QED) is 0.819. The summed E-state index contributed by atoms with van der Waals surface area (Å²) in [4.78, 5) is 8.28. The lowest BCUT2D eigenvalue weighted by atomic mass is 10.0. The first-order chi connectivity index (χ1) is 9.08. The molecule has 2 aromatic rings. The van der Waals surface area contributed by atoms with Gasteiger partial charge in [-0.25, -0.2) is 4.98 Å². The number of nitrogens with two attached hydrogens (primary N) is 1. The second-order valence-corrected chi connectivity index (χ2v) is 4.38. The molecule has 0 saturated carbocycles. The molecular weight excluding hydrogens is 238 g/mol. The SMILES string of the molecule is Cc1cc(C)cc(-c2cc(NCC#N)nc(N)n2)c1. The first-order valence-corrected chi connectivity index (χ1v) is 5.92. The molecule has 1 aromatic carbocycles. The number of aryl methyl sites for hydroxylation is 2. The van der Waals surface area contributed by atoms with E-state index in [0.29, 0.717) is 5.82 Å². The number of benzene rings is 1. The average molecular weight is 253 g/mol. The highest BCUT2D eigenvalue weighted by molar-refractivity contribution is 5.65. The third kappa shape index (κ3) is 3.19. The number of hydrogen-bond acceptors (Lipinski definition) is 5. The van der Waals surface area contributed by atoms with Gasteiger partial charge in [0, 0.05) is 11.6 Å². The molecule has 0 fully saturated rings. The molecule has 19 heavy (non-hydrogen) atoms. The number of nitrogens with one attached hydrogen (secondary N) is 1. The van der Waals surface area contributed by atoms with Crippen molar-refractivity contribution in [3.8, 4) is 17.3 Å². The summed E-state index contributed by atoms with van der Waals surface area (Å²) in [6, 6.07) is 9.98. The van der Waals surface area contributed by atoms with Gasteiger partial charge in [0.1, 0.15) is 12.4 Å². The highest BCUT2D eigenvalue weighted by Crippen LogP contribution is 2.23. The first-order valence-electron chi connectivity index (χ1n) is 5.92. The standard InChI is InChI=1S/C14H15N5/c1-9-5-10(2)7-11(6-9)12-8-13(17-4-3-15)19-14(16)18-12/h5-8H,4H2,1-2H3,(H3,16,17,18,19). The van der Waals surface area contributed by atoms with Crippen LogP contribution in [0.25, 0.3) is 11.3 Å². The third-order valence-corrected chi connectivity index (χ3v) is 2.61. The monoisotopic (exact) mass is 253 g/mol. The van der Waals surface area contributed by atoms with Crippen molar-refractivity contribution in [2.75, 3.05) is 17.6 Å². The molecule has 0 amide bonds. The maximum absolute atomic E-state index is 8.57. The number of rotatable bonds is 3. The van der Waals surface area contributed by atoms with E-state index in [-0.39, 0.29) is 12.5 Å². The Labute approximate surface area is 112 Å². The summed E-state index contributed by atoms with van der Waals surface area (Å²) in [5, 5.41) is 11.5. The number of aromatic nitrogens is 2. The summed E-state index contributed by atoms with van der Waals surface area (Å²) in [5.74, 6) is 0.750. The van der Waals surface area contributed by atoms with Gasteiger partial charge < -0.3 is 11.1 Å². The Bertz CT molecular complexity index is 623. The molecule has 0 aliphatic rings. The zero-order chi connectivity index (χ0) is 13.8. The van der Waals surface area contributed by atoms with Crippen molar-refractivity contribution < 1.29 is 0 Å². The van der Waals surface area contributed by atoms with Crippen molar-refractivity contribution in [3.05, 3.63) is 35.4 Å². The fraction of sp³-hybridized carbons (Fsp3) is 0.214. The van der Waals surface area contributed by atoms with Gasteiger partial charge in [0.05, 0.1) is 11.8 Å². The van der Waals surface area contributed by atoms with E-state index in [9.17, 15) is 0 Å². The van der Waals surface area contributed by atoms with Crippen LogP contribution in [0.2, 0.25) is 0 Å². The van der Waals surface area contributed by atoms with Gasteiger partial charge in [-0.3, -0.25) is 0 Å². The highest BCUT2D eigenvalue weighted by Gasteiger charge is 2.06. The smallest absolute Gasteiger partial charge is 0.222 e. The van der Waals surface area contributed by atoms with Crippen LogP contribution in [0.4, 0.5) is 11.8 Å². The number of nitrogens with zero attached hydrogens (tertiary/aromatic N) is 3. The Morgan fingerprint density at radius 3 is 2.47 bits per heavy atom. The number of anilines is 2. The van der Waals surface area contributed by atoms with E-state index in [4.69, 9.17) is 11.0 Å². The van der Waals surface area contributed by atoms with Crippen LogP contribution in [0.3, 0.4) is 0 Å². The van der Waals surface area contributed by atoms with Gasteiger partial charge in [-0.1, -0.05) is 17.2 Å². The fourth-order valence-corrected chi connectivity index (χ4v) is 1.96. The zero-order valence-corrected chi connectivity index (χ0v) is 10.9. The van der Waals surface area contributed by atoms with Crippen LogP contribution < -0.4 is 11.1 Å². The first kappa shape index (κ1) is 12.8. The number of hydrogen-bond donors (Lipinski definition) is 2. The Balaban J connectivity index is 2.44. The Kier molecular flexibility index (Phi) is 3.62. The van der Waals surface area contributed by atoms with Gasteiger partial charge in [0.2, 0.25) is 5.95 Å². The predicted octanol–water partition coefficient (Wildman–Crippen LogP) is 2.28. The molecule has 1 heterocycles. The molecule has 0 aliphatic heterocycles. The van der Waals surface area contributed by atoms with Crippen molar-refractivity contribution in [1.82, 2.24) is 9.97 Å². The number of nitrogen functional groups attached to an aromatic ring is 1. The second-order valence-electron chi connectivity index (χ2n) is 4.38.